The molecule has 1 rings (SSSR count). The van der Waals surface area contributed by atoms with Crippen LogP contribution < -0.4 is 0 Å². The number of hydrogen-bond donors (Lipinski definition) is 0. The van der Waals surface area contributed by atoms with E-state index in [-0.39, 0.29) is 18.4 Å². The van der Waals surface area contributed by atoms with Crippen molar-refractivity contribution in [3.63, 3.8) is 0 Å². The third kappa shape index (κ3) is 3.20. The molecule has 17 heavy (non-hydrogen) atoms. The third-order valence-corrected chi connectivity index (χ3v) is 2.14. The summed E-state index contributed by atoms with van der Waals surface area (Å²) in [5.74, 6) is -2.73. The number of nitro groups is 1. The predicted octanol–water partition coefficient (Wildman–Crippen LogP) is 1.98. The molecule has 0 N–H and O–H groups in total. The predicted molar refractivity (Wildman–Crippen MR) is 53.3 cm³/mol. The van der Waals surface area contributed by atoms with Crippen LogP contribution in [0.15, 0.2) is 12.1 Å². The Labute approximate surface area is 95.2 Å². The standard InChI is InChI=1S/C10H9F2NO4/c1-17-10(14)3-2-6-4-9(13(15)16)8(12)5-7(6)11/h4-5H,2-3H2,1H3. The topological polar surface area (TPSA) is 69.4 Å². The molecule has 0 unspecified atom stereocenters. The van der Waals surface area contributed by atoms with E-state index in [1.165, 1.54) is 7.11 Å². The van der Waals surface area contributed by atoms with Crippen LogP contribution in [-0.4, -0.2) is 18.0 Å². The summed E-state index contributed by atoms with van der Waals surface area (Å²) in [5, 5.41) is 10.4. The molecule has 1 aromatic carbocycles. The second kappa shape index (κ2) is 5.33. The molecule has 0 saturated heterocycles. The Hall–Kier alpha value is -2.05. The molecule has 0 amide bonds. The minimum atomic E-state index is -1.24. The van der Waals surface area contributed by atoms with Crippen LogP contribution in [0, 0.1) is 21.7 Å². The van der Waals surface area contributed by atoms with E-state index >= 15 is 0 Å². The van der Waals surface area contributed by atoms with Gasteiger partial charge in [0.1, 0.15) is 5.82 Å². The third-order valence-electron chi connectivity index (χ3n) is 2.14. The summed E-state index contributed by atoms with van der Waals surface area (Å²) in [4.78, 5) is 20.3. The number of halogens is 2. The van der Waals surface area contributed by atoms with Gasteiger partial charge in [-0.15, -0.1) is 0 Å². The molecule has 92 valence electrons. The zero-order chi connectivity index (χ0) is 13.0. The number of aryl methyl sites for hydroxylation is 1. The van der Waals surface area contributed by atoms with Crippen LogP contribution in [0.4, 0.5) is 14.5 Å². The van der Waals surface area contributed by atoms with Gasteiger partial charge in [-0.2, -0.15) is 4.39 Å². The fourth-order valence-electron chi connectivity index (χ4n) is 1.25. The highest BCUT2D eigenvalue weighted by Gasteiger charge is 2.18. The highest BCUT2D eigenvalue weighted by molar-refractivity contribution is 5.69. The highest BCUT2D eigenvalue weighted by Crippen LogP contribution is 2.22. The maximum absolute atomic E-state index is 13.2. The van der Waals surface area contributed by atoms with E-state index in [0.29, 0.717) is 6.07 Å². The number of carbonyl (C=O) groups is 1. The quantitative estimate of drug-likeness (QED) is 0.462. The lowest BCUT2D eigenvalue weighted by atomic mass is 10.1. The highest BCUT2D eigenvalue weighted by atomic mass is 19.1. The smallest absolute Gasteiger partial charge is 0.305 e. The Bertz CT molecular complexity index is 462. The molecular weight excluding hydrogens is 236 g/mol. The van der Waals surface area contributed by atoms with Crippen LogP contribution in [0.5, 0.6) is 0 Å². The van der Waals surface area contributed by atoms with Gasteiger partial charge in [-0.25, -0.2) is 4.39 Å². The molecule has 0 radical (unpaired) electrons. The van der Waals surface area contributed by atoms with Crippen LogP contribution in [0.1, 0.15) is 12.0 Å². The summed E-state index contributed by atoms with van der Waals surface area (Å²) >= 11 is 0. The number of benzene rings is 1. The van der Waals surface area contributed by atoms with E-state index in [1.807, 2.05) is 0 Å². The molecule has 1 aromatic rings. The summed E-state index contributed by atoms with van der Waals surface area (Å²) < 4.78 is 30.6. The lowest BCUT2D eigenvalue weighted by molar-refractivity contribution is -0.387. The molecule has 5 nitrogen and oxygen atoms in total. The van der Waals surface area contributed by atoms with Gasteiger partial charge in [-0.3, -0.25) is 14.9 Å². The van der Waals surface area contributed by atoms with Crippen molar-refractivity contribution in [1.29, 1.82) is 0 Å². The number of rotatable bonds is 4. The Morgan fingerprint density at radius 3 is 2.59 bits per heavy atom. The number of nitrogens with zero attached hydrogens (tertiary/aromatic N) is 1. The van der Waals surface area contributed by atoms with Gasteiger partial charge >= 0.3 is 11.7 Å². The van der Waals surface area contributed by atoms with Gasteiger partial charge in [0, 0.05) is 18.6 Å². The maximum Gasteiger partial charge on any atom is 0.305 e. The summed E-state index contributed by atoms with van der Waals surface area (Å²) in [6, 6.07) is 1.22. The normalized spacial score (nSPS) is 10.1. The zero-order valence-corrected chi connectivity index (χ0v) is 8.91. The fraction of sp³-hybridized carbons (Fsp3) is 0.300. The van der Waals surface area contributed by atoms with Gasteiger partial charge < -0.3 is 4.74 Å². The van der Waals surface area contributed by atoms with Crippen molar-refractivity contribution >= 4 is 11.7 Å². The SMILES string of the molecule is COC(=O)CCc1cc([N+](=O)[O-])c(F)cc1F. The molecule has 0 spiro atoms. The number of nitro benzene ring substituents is 1. The average molecular weight is 245 g/mol. The molecule has 0 atom stereocenters. The first-order chi connectivity index (χ1) is 7.95. The molecule has 0 aliphatic carbocycles. The average Bonchev–Trinajstić information content (AvgIpc) is 2.26. The second-order valence-electron chi connectivity index (χ2n) is 3.23. The number of ether oxygens (including phenoxy) is 1. The molecule has 0 aliphatic rings. The first-order valence-electron chi connectivity index (χ1n) is 4.65. The van der Waals surface area contributed by atoms with Crippen LogP contribution in [0.2, 0.25) is 0 Å². The molecule has 0 aromatic heterocycles. The number of carbonyl (C=O) groups excluding carboxylic acids is 1. The number of esters is 1. The van der Waals surface area contributed by atoms with Gasteiger partial charge in [0.15, 0.2) is 0 Å². The molecule has 0 saturated carbocycles. The van der Waals surface area contributed by atoms with E-state index in [0.717, 1.165) is 6.07 Å². The van der Waals surface area contributed by atoms with Crippen molar-refractivity contribution in [1.82, 2.24) is 0 Å². The first-order valence-corrected chi connectivity index (χ1v) is 4.65. The van der Waals surface area contributed by atoms with Crippen LogP contribution in [-0.2, 0) is 16.0 Å². The Morgan fingerprint density at radius 2 is 2.06 bits per heavy atom. The minimum absolute atomic E-state index is 0.0837. The van der Waals surface area contributed by atoms with Crippen molar-refractivity contribution in [3.8, 4) is 0 Å². The van der Waals surface area contributed by atoms with Crippen LogP contribution in [0.3, 0.4) is 0 Å². The summed E-state index contributed by atoms with van der Waals surface area (Å²) in [6.45, 7) is 0. The molecule has 0 fully saturated rings. The van der Waals surface area contributed by atoms with Gasteiger partial charge in [-0.05, 0) is 12.0 Å². The number of methoxy groups -OCH3 is 1. The number of hydrogen-bond acceptors (Lipinski definition) is 4. The van der Waals surface area contributed by atoms with E-state index in [1.54, 1.807) is 0 Å². The van der Waals surface area contributed by atoms with Gasteiger partial charge in [0.05, 0.1) is 12.0 Å². The van der Waals surface area contributed by atoms with Crippen molar-refractivity contribution in [2.24, 2.45) is 0 Å². The Morgan fingerprint density at radius 1 is 1.41 bits per heavy atom. The van der Waals surface area contributed by atoms with E-state index < -0.39 is 28.2 Å². The Balaban J connectivity index is 2.96. The monoisotopic (exact) mass is 245 g/mol. The van der Waals surface area contributed by atoms with Crippen LogP contribution in [0.25, 0.3) is 0 Å². The van der Waals surface area contributed by atoms with Crippen molar-refractivity contribution < 1.29 is 23.2 Å². The summed E-state index contributed by atoms with van der Waals surface area (Å²) in [6.07, 6.45) is -0.212. The lowest BCUT2D eigenvalue weighted by Crippen LogP contribution is -2.04. The van der Waals surface area contributed by atoms with E-state index in [4.69, 9.17) is 0 Å². The van der Waals surface area contributed by atoms with Crippen LogP contribution >= 0.6 is 0 Å². The maximum atomic E-state index is 13.2. The molecular formula is C10H9F2NO4. The molecule has 0 aliphatic heterocycles. The largest absolute Gasteiger partial charge is 0.469 e. The zero-order valence-electron chi connectivity index (χ0n) is 8.91. The lowest BCUT2D eigenvalue weighted by Gasteiger charge is -2.03. The van der Waals surface area contributed by atoms with Gasteiger partial charge in [0.2, 0.25) is 5.82 Å². The van der Waals surface area contributed by atoms with Gasteiger partial charge in [0.25, 0.3) is 0 Å². The minimum Gasteiger partial charge on any atom is -0.469 e. The Kier molecular flexibility index (Phi) is 4.08. The summed E-state index contributed by atoms with van der Waals surface area (Å²) in [7, 11) is 1.17. The molecule has 7 heteroatoms. The van der Waals surface area contributed by atoms with E-state index in [2.05, 4.69) is 4.74 Å². The molecule has 0 heterocycles. The van der Waals surface area contributed by atoms with Crippen molar-refractivity contribution in [2.45, 2.75) is 12.8 Å². The second-order valence-corrected chi connectivity index (χ2v) is 3.23. The van der Waals surface area contributed by atoms with Crippen molar-refractivity contribution in [2.75, 3.05) is 7.11 Å². The van der Waals surface area contributed by atoms with E-state index in [9.17, 15) is 23.7 Å². The fourth-order valence-corrected chi connectivity index (χ4v) is 1.25. The first kappa shape index (κ1) is 13.0. The summed E-state index contributed by atoms with van der Waals surface area (Å²) in [5.41, 5.74) is -0.908. The van der Waals surface area contributed by atoms with Gasteiger partial charge in [-0.1, -0.05) is 0 Å². The van der Waals surface area contributed by atoms with Crippen molar-refractivity contribution in [3.05, 3.63) is 39.4 Å². The molecule has 0 bridgehead atoms.